The van der Waals surface area contributed by atoms with Gasteiger partial charge in [-0.05, 0) is 23.7 Å². The van der Waals surface area contributed by atoms with Crippen molar-refractivity contribution >= 4 is 44.1 Å². The highest BCUT2D eigenvalue weighted by Gasteiger charge is 2.38. The lowest BCUT2D eigenvalue weighted by atomic mass is 10.1. The first-order chi connectivity index (χ1) is 15.9. The minimum atomic E-state index is -5.19. The predicted octanol–water partition coefficient (Wildman–Crippen LogP) is 3.30. The summed E-state index contributed by atoms with van der Waals surface area (Å²) in [4.78, 5) is 41.3. The molecule has 1 aromatic carbocycles. The topological polar surface area (TPSA) is 98.9 Å². The van der Waals surface area contributed by atoms with Gasteiger partial charge in [-0.3, -0.25) is 18.7 Å². The first-order valence-electron chi connectivity index (χ1n) is 9.24. The number of hydrogen-bond acceptors (Lipinski definition) is 7. The van der Waals surface area contributed by atoms with Crippen molar-refractivity contribution in [1.29, 1.82) is 0 Å². The van der Waals surface area contributed by atoms with Crippen LogP contribution in [0.1, 0.15) is 11.3 Å². The van der Waals surface area contributed by atoms with Crippen molar-refractivity contribution in [3.63, 3.8) is 0 Å². The summed E-state index contributed by atoms with van der Waals surface area (Å²) in [6.07, 6.45) is -5.52. The molecule has 15 heteroatoms. The second-order valence-electron chi connectivity index (χ2n) is 7.09. The lowest BCUT2D eigenvalue weighted by molar-refractivity contribution is -0.142. The van der Waals surface area contributed by atoms with E-state index in [-0.39, 0.29) is 33.9 Å². The summed E-state index contributed by atoms with van der Waals surface area (Å²) < 4.78 is 72.2. The quantitative estimate of drug-likeness (QED) is 0.419. The van der Waals surface area contributed by atoms with Gasteiger partial charge >= 0.3 is 11.9 Å². The molecule has 3 aromatic heterocycles. The molecule has 0 saturated heterocycles. The Morgan fingerprint density at radius 2 is 1.76 bits per heavy atom. The number of thiazole rings is 1. The van der Waals surface area contributed by atoms with Crippen LogP contribution in [0.15, 0.2) is 27.1 Å². The summed E-state index contributed by atoms with van der Waals surface area (Å²) in [5.74, 6) is -4.19. The molecule has 1 N–H and O–H groups in total. The number of anilines is 1. The smallest absolute Gasteiger partial charge is 0.302 e. The molecule has 4 aromatic rings. The molecule has 8 nitrogen and oxygen atoms in total. The Morgan fingerprint density at radius 3 is 2.38 bits per heavy atom. The molecule has 0 saturated carbocycles. The fourth-order valence-corrected chi connectivity index (χ4v) is 4.80. The van der Waals surface area contributed by atoms with E-state index in [1.165, 1.54) is 24.0 Å². The fourth-order valence-electron chi connectivity index (χ4n) is 3.22. The number of amides is 1. The largest absolute Gasteiger partial charge is 0.422 e. The monoisotopic (exact) mass is 517 g/mol. The van der Waals surface area contributed by atoms with Crippen LogP contribution in [0, 0.1) is 11.6 Å². The standard InChI is InChI=1S/C19H12F5N5O3S2/c1-28-15(31)13-10(27-34-16(13)29(2)18(28)32)5-12(30)26-17-25-11(6-33-17)7-3-8(20)14(9(21)4-7)19(22,23)24/h3-4,6H,5H2,1-2H3,(H,25,26,30). The van der Waals surface area contributed by atoms with Crippen LogP contribution in [0.2, 0.25) is 0 Å². The Balaban J connectivity index is 1.57. The zero-order valence-electron chi connectivity index (χ0n) is 17.2. The summed E-state index contributed by atoms with van der Waals surface area (Å²) in [6, 6.07) is 1.02. The fraction of sp³-hybridized carbons (Fsp3) is 0.211. The number of hydrogen-bond donors (Lipinski definition) is 1. The molecule has 0 atom stereocenters. The van der Waals surface area contributed by atoms with Crippen LogP contribution < -0.4 is 16.6 Å². The number of alkyl halides is 3. The molecular weight excluding hydrogens is 505 g/mol. The van der Waals surface area contributed by atoms with E-state index < -0.39 is 40.5 Å². The van der Waals surface area contributed by atoms with Gasteiger partial charge in [0.1, 0.15) is 22.0 Å². The molecule has 0 unspecified atom stereocenters. The number of halogens is 5. The number of nitrogens with one attached hydrogen (secondary N) is 1. The van der Waals surface area contributed by atoms with Crippen LogP contribution in [0.5, 0.6) is 0 Å². The van der Waals surface area contributed by atoms with Crippen molar-refractivity contribution < 1.29 is 26.7 Å². The molecule has 34 heavy (non-hydrogen) atoms. The number of fused-ring (bicyclic) bond motifs is 1. The van der Waals surface area contributed by atoms with Crippen molar-refractivity contribution in [1.82, 2.24) is 18.5 Å². The summed E-state index contributed by atoms with van der Waals surface area (Å²) in [6.45, 7) is 0. The van der Waals surface area contributed by atoms with Gasteiger partial charge in [-0.2, -0.15) is 17.5 Å². The molecule has 0 bridgehead atoms. The van der Waals surface area contributed by atoms with E-state index in [2.05, 4.69) is 14.7 Å². The zero-order valence-corrected chi connectivity index (χ0v) is 18.8. The summed E-state index contributed by atoms with van der Waals surface area (Å²) >= 11 is 1.77. The van der Waals surface area contributed by atoms with Crippen LogP contribution in [-0.2, 0) is 31.5 Å². The molecule has 1 amide bonds. The van der Waals surface area contributed by atoms with Gasteiger partial charge in [-0.25, -0.2) is 18.6 Å². The molecule has 0 fully saturated rings. The molecule has 0 aliphatic rings. The Kier molecular flexibility index (Phi) is 5.85. The molecule has 0 aliphatic heterocycles. The number of benzene rings is 1. The molecule has 178 valence electrons. The van der Waals surface area contributed by atoms with E-state index in [1.54, 1.807) is 0 Å². The Morgan fingerprint density at radius 1 is 1.12 bits per heavy atom. The van der Waals surface area contributed by atoms with E-state index in [0.717, 1.165) is 27.4 Å². The highest BCUT2D eigenvalue weighted by atomic mass is 32.1. The average Bonchev–Trinajstić information content (AvgIpc) is 3.36. The third kappa shape index (κ3) is 4.11. The molecule has 0 spiro atoms. The molecule has 0 aliphatic carbocycles. The molecule has 0 radical (unpaired) electrons. The number of aryl methyl sites for hydroxylation is 1. The van der Waals surface area contributed by atoms with Gasteiger partial charge in [0, 0.05) is 25.0 Å². The molecule has 4 rings (SSSR count). The second-order valence-corrected chi connectivity index (χ2v) is 8.70. The van der Waals surface area contributed by atoms with Crippen LogP contribution in [0.25, 0.3) is 21.5 Å². The van der Waals surface area contributed by atoms with Gasteiger partial charge < -0.3 is 5.32 Å². The van der Waals surface area contributed by atoms with Crippen LogP contribution in [-0.4, -0.2) is 24.4 Å². The summed E-state index contributed by atoms with van der Waals surface area (Å²) in [7, 11) is 2.77. The van der Waals surface area contributed by atoms with Gasteiger partial charge in [-0.1, -0.05) is 0 Å². The number of rotatable bonds is 4. The van der Waals surface area contributed by atoms with E-state index in [1.807, 2.05) is 0 Å². The van der Waals surface area contributed by atoms with Gasteiger partial charge in [-0.15, -0.1) is 11.3 Å². The summed E-state index contributed by atoms with van der Waals surface area (Å²) in [5.41, 5.74) is -3.28. The SMILES string of the molecule is Cn1c(=O)c2c(CC(=O)Nc3nc(-c4cc(F)c(C(F)(F)F)c(F)c4)cs3)nsc2n(C)c1=O. The Labute approximate surface area is 194 Å². The van der Waals surface area contributed by atoms with Crippen molar-refractivity contribution in [3.8, 4) is 11.3 Å². The Bertz CT molecular complexity index is 1540. The zero-order chi connectivity index (χ0) is 24.9. The van der Waals surface area contributed by atoms with Crippen molar-refractivity contribution in [3.05, 3.63) is 61.2 Å². The van der Waals surface area contributed by atoms with Gasteiger partial charge in [0.05, 0.1) is 23.2 Å². The van der Waals surface area contributed by atoms with Gasteiger partial charge in [0.15, 0.2) is 5.13 Å². The maximum Gasteiger partial charge on any atom is 0.422 e. The summed E-state index contributed by atoms with van der Waals surface area (Å²) in [5, 5.41) is 3.89. The first-order valence-corrected chi connectivity index (χ1v) is 10.9. The van der Waals surface area contributed by atoms with Crippen molar-refractivity contribution in [2.75, 3.05) is 5.32 Å². The van der Waals surface area contributed by atoms with Crippen molar-refractivity contribution in [2.24, 2.45) is 14.1 Å². The second kappa shape index (κ2) is 8.39. The molecule has 3 heterocycles. The highest BCUT2D eigenvalue weighted by Crippen LogP contribution is 2.36. The highest BCUT2D eigenvalue weighted by molar-refractivity contribution is 7.14. The Hall–Kier alpha value is -3.46. The van der Waals surface area contributed by atoms with Crippen LogP contribution in [0.3, 0.4) is 0 Å². The maximum absolute atomic E-state index is 13.9. The van der Waals surface area contributed by atoms with Crippen LogP contribution in [0.4, 0.5) is 27.1 Å². The minimum Gasteiger partial charge on any atom is -0.302 e. The van der Waals surface area contributed by atoms with E-state index in [0.29, 0.717) is 17.0 Å². The average molecular weight is 517 g/mol. The third-order valence-corrected chi connectivity index (χ3v) is 6.56. The van der Waals surface area contributed by atoms with Gasteiger partial charge in [0.25, 0.3) is 5.56 Å². The van der Waals surface area contributed by atoms with Crippen LogP contribution >= 0.6 is 22.9 Å². The number of carbonyl (C=O) groups is 1. The first kappa shape index (κ1) is 23.7. The normalized spacial score (nSPS) is 11.9. The lowest BCUT2D eigenvalue weighted by Crippen LogP contribution is -2.36. The minimum absolute atomic E-state index is 0.0144. The van der Waals surface area contributed by atoms with E-state index in [9.17, 15) is 36.3 Å². The number of aromatic nitrogens is 4. The van der Waals surface area contributed by atoms with E-state index in [4.69, 9.17) is 0 Å². The lowest BCUT2D eigenvalue weighted by Gasteiger charge is -2.10. The van der Waals surface area contributed by atoms with Crippen molar-refractivity contribution in [2.45, 2.75) is 12.6 Å². The maximum atomic E-state index is 13.9. The number of carbonyl (C=O) groups excluding carboxylic acids is 1. The predicted molar refractivity (Wildman–Crippen MR) is 115 cm³/mol. The molecular formula is C19H12F5N5O3S2. The third-order valence-electron chi connectivity index (χ3n) is 4.84. The van der Waals surface area contributed by atoms with E-state index >= 15 is 0 Å². The van der Waals surface area contributed by atoms with Gasteiger partial charge in [0.2, 0.25) is 5.91 Å². The number of nitrogens with zero attached hydrogens (tertiary/aromatic N) is 4.